The summed E-state index contributed by atoms with van der Waals surface area (Å²) in [5, 5.41) is 0. The number of nitrogens with two attached hydrogens (primary N) is 1. The number of methoxy groups -OCH3 is 1. The van der Waals surface area contributed by atoms with E-state index in [1.165, 1.54) is 0 Å². The van der Waals surface area contributed by atoms with Gasteiger partial charge >= 0.3 is 0 Å². The molecule has 100 valence electrons. The third-order valence-corrected chi connectivity index (χ3v) is 2.84. The Bertz CT molecular complexity index is 524. The zero-order valence-corrected chi connectivity index (χ0v) is 11.2. The fraction of sp³-hybridized carbons (Fsp3) is 0.267. The van der Waals surface area contributed by atoms with Gasteiger partial charge in [-0.15, -0.1) is 0 Å². The van der Waals surface area contributed by atoms with Gasteiger partial charge in [-0.05, 0) is 36.8 Å². The number of pyridine rings is 1. The topological polar surface area (TPSA) is 57.4 Å². The first-order chi connectivity index (χ1) is 9.20. The average molecular weight is 258 g/mol. The lowest BCUT2D eigenvalue weighted by molar-refractivity contribution is 0.294. The quantitative estimate of drug-likeness (QED) is 0.895. The molecule has 0 aliphatic carbocycles. The van der Waals surface area contributed by atoms with Gasteiger partial charge in [-0.2, -0.15) is 0 Å². The fourth-order valence-corrected chi connectivity index (χ4v) is 1.75. The molecule has 2 N–H and O–H groups in total. The van der Waals surface area contributed by atoms with E-state index in [-0.39, 0.29) is 6.04 Å². The van der Waals surface area contributed by atoms with Crippen LogP contribution in [0.15, 0.2) is 42.6 Å². The van der Waals surface area contributed by atoms with Crippen molar-refractivity contribution in [3.8, 4) is 11.6 Å². The van der Waals surface area contributed by atoms with Gasteiger partial charge in [0.25, 0.3) is 0 Å². The average Bonchev–Trinajstić information content (AvgIpc) is 2.45. The Hall–Kier alpha value is -2.07. The maximum Gasteiger partial charge on any atom is 0.219 e. The Kier molecular flexibility index (Phi) is 4.36. The molecular formula is C15H18N2O2. The van der Waals surface area contributed by atoms with E-state index in [1.807, 2.05) is 43.3 Å². The maximum atomic E-state index is 5.80. The summed E-state index contributed by atoms with van der Waals surface area (Å²) in [7, 11) is 1.60. The van der Waals surface area contributed by atoms with Crippen LogP contribution in [-0.4, -0.2) is 12.1 Å². The van der Waals surface area contributed by atoms with Crippen LogP contribution in [0.3, 0.4) is 0 Å². The Balaban J connectivity index is 2.02. The minimum Gasteiger partial charge on any atom is -0.489 e. The van der Waals surface area contributed by atoms with Crippen LogP contribution >= 0.6 is 0 Å². The largest absolute Gasteiger partial charge is 0.489 e. The van der Waals surface area contributed by atoms with E-state index in [4.69, 9.17) is 15.2 Å². The first-order valence-corrected chi connectivity index (χ1v) is 6.17. The highest BCUT2D eigenvalue weighted by molar-refractivity contribution is 5.30. The van der Waals surface area contributed by atoms with Crippen molar-refractivity contribution in [3.05, 3.63) is 53.7 Å². The second-order valence-corrected chi connectivity index (χ2v) is 4.32. The lowest BCUT2D eigenvalue weighted by Crippen LogP contribution is -2.04. The number of ether oxygens (including phenoxy) is 2. The molecule has 4 nitrogen and oxygen atoms in total. The monoisotopic (exact) mass is 258 g/mol. The zero-order valence-electron chi connectivity index (χ0n) is 11.2. The number of benzene rings is 1. The number of hydrogen-bond acceptors (Lipinski definition) is 4. The summed E-state index contributed by atoms with van der Waals surface area (Å²) in [4.78, 5) is 4.13. The normalized spacial score (nSPS) is 11.9. The molecule has 0 saturated carbocycles. The minimum absolute atomic E-state index is 0.0347. The predicted octanol–water partition coefficient (Wildman–Crippen LogP) is 2.69. The van der Waals surface area contributed by atoms with Crippen LogP contribution in [0.4, 0.5) is 0 Å². The van der Waals surface area contributed by atoms with Crippen molar-refractivity contribution in [2.75, 3.05) is 7.11 Å². The Labute approximate surface area is 113 Å². The van der Waals surface area contributed by atoms with Gasteiger partial charge in [0.1, 0.15) is 12.4 Å². The second kappa shape index (κ2) is 6.20. The molecule has 4 heteroatoms. The zero-order chi connectivity index (χ0) is 13.7. The number of hydrogen-bond donors (Lipinski definition) is 1. The molecule has 1 unspecified atom stereocenters. The minimum atomic E-state index is 0.0347. The van der Waals surface area contributed by atoms with E-state index < -0.39 is 0 Å². The Morgan fingerprint density at radius 3 is 2.58 bits per heavy atom. The van der Waals surface area contributed by atoms with Gasteiger partial charge in [0.15, 0.2) is 0 Å². The first-order valence-electron chi connectivity index (χ1n) is 6.17. The van der Waals surface area contributed by atoms with Crippen LogP contribution in [0.2, 0.25) is 0 Å². The van der Waals surface area contributed by atoms with Gasteiger partial charge in [-0.3, -0.25) is 0 Å². The highest BCUT2D eigenvalue weighted by atomic mass is 16.5. The molecule has 19 heavy (non-hydrogen) atoms. The van der Waals surface area contributed by atoms with Gasteiger partial charge in [0.2, 0.25) is 5.88 Å². The van der Waals surface area contributed by atoms with Gasteiger partial charge in [0.05, 0.1) is 12.7 Å². The summed E-state index contributed by atoms with van der Waals surface area (Å²) in [6.07, 6.45) is 1.69. The molecule has 0 bridgehead atoms. The standard InChI is InChI=1S/C15H18N2O2/c1-11(16)12-5-7-14(8-6-12)19-10-13-4-3-9-17-15(13)18-2/h3-9,11H,10,16H2,1-2H3. The van der Waals surface area contributed by atoms with Crippen molar-refractivity contribution in [2.24, 2.45) is 5.73 Å². The Morgan fingerprint density at radius 1 is 1.21 bits per heavy atom. The van der Waals surface area contributed by atoms with Crippen LogP contribution in [0, 0.1) is 0 Å². The SMILES string of the molecule is COc1ncccc1COc1ccc(C(C)N)cc1. The van der Waals surface area contributed by atoms with Crippen LogP contribution in [0.25, 0.3) is 0 Å². The van der Waals surface area contributed by atoms with E-state index >= 15 is 0 Å². The van der Waals surface area contributed by atoms with Crippen molar-refractivity contribution < 1.29 is 9.47 Å². The van der Waals surface area contributed by atoms with E-state index in [1.54, 1.807) is 13.3 Å². The van der Waals surface area contributed by atoms with Crippen molar-refractivity contribution in [1.82, 2.24) is 4.98 Å². The number of nitrogens with zero attached hydrogens (tertiary/aromatic N) is 1. The number of rotatable bonds is 5. The van der Waals surface area contributed by atoms with Gasteiger partial charge in [-0.1, -0.05) is 12.1 Å². The highest BCUT2D eigenvalue weighted by Gasteiger charge is 2.04. The smallest absolute Gasteiger partial charge is 0.219 e. The van der Waals surface area contributed by atoms with Crippen LogP contribution in [-0.2, 0) is 6.61 Å². The molecule has 1 aromatic heterocycles. The van der Waals surface area contributed by atoms with E-state index in [9.17, 15) is 0 Å². The first kappa shape index (κ1) is 13.4. The van der Waals surface area contributed by atoms with Crippen molar-refractivity contribution in [1.29, 1.82) is 0 Å². The van der Waals surface area contributed by atoms with Crippen LogP contribution in [0.1, 0.15) is 24.1 Å². The molecule has 0 saturated heterocycles. The molecule has 1 aromatic carbocycles. The predicted molar refractivity (Wildman–Crippen MR) is 74.2 cm³/mol. The molecule has 2 rings (SSSR count). The molecule has 0 aliphatic heterocycles. The summed E-state index contributed by atoms with van der Waals surface area (Å²) in [5.41, 5.74) is 7.81. The van der Waals surface area contributed by atoms with Crippen LogP contribution in [0.5, 0.6) is 11.6 Å². The van der Waals surface area contributed by atoms with Gasteiger partial charge < -0.3 is 15.2 Å². The highest BCUT2D eigenvalue weighted by Crippen LogP contribution is 2.19. The van der Waals surface area contributed by atoms with Crippen molar-refractivity contribution >= 4 is 0 Å². The summed E-state index contributed by atoms with van der Waals surface area (Å²) >= 11 is 0. The second-order valence-electron chi connectivity index (χ2n) is 4.32. The maximum absolute atomic E-state index is 5.80. The van der Waals surface area contributed by atoms with Gasteiger partial charge in [0, 0.05) is 12.2 Å². The lowest BCUT2D eigenvalue weighted by atomic mass is 10.1. The van der Waals surface area contributed by atoms with Gasteiger partial charge in [-0.25, -0.2) is 4.98 Å². The van der Waals surface area contributed by atoms with E-state index in [0.717, 1.165) is 16.9 Å². The summed E-state index contributed by atoms with van der Waals surface area (Å²) in [5.74, 6) is 1.39. The van der Waals surface area contributed by atoms with Crippen molar-refractivity contribution in [2.45, 2.75) is 19.6 Å². The lowest BCUT2D eigenvalue weighted by Gasteiger charge is -2.10. The molecule has 1 heterocycles. The molecule has 0 aliphatic rings. The third kappa shape index (κ3) is 3.45. The van der Waals surface area contributed by atoms with Crippen molar-refractivity contribution in [3.63, 3.8) is 0 Å². The summed E-state index contributed by atoms with van der Waals surface area (Å²) in [6.45, 7) is 2.38. The molecule has 0 fully saturated rings. The molecular weight excluding hydrogens is 240 g/mol. The summed E-state index contributed by atoms with van der Waals surface area (Å²) < 4.78 is 10.9. The molecule has 0 spiro atoms. The fourth-order valence-electron chi connectivity index (χ4n) is 1.75. The molecule has 2 aromatic rings. The van der Waals surface area contributed by atoms with Crippen LogP contribution < -0.4 is 15.2 Å². The molecule has 1 atom stereocenters. The number of aromatic nitrogens is 1. The molecule has 0 amide bonds. The Morgan fingerprint density at radius 2 is 1.95 bits per heavy atom. The third-order valence-electron chi connectivity index (χ3n) is 2.84. The molecule has 0 radical (unpaired) electrons. The van der Waals surface area contributed by atoms with E-state index in [0.29, 0.717) is 12.5 Å². The summed E-state index contributed by atoms with van der Waals surface area (Å²) in [6, 6.07) is 11.6. The van der Waals surface area contributed by atoms with E-state index in [2.05, 4.69) is 4.98 Å².